The molecule has 1 aromatic heterocycles. The van der Waals surface area contributed by atoms with E-state index in [1.54, 1.807) is 31.2 Å². The number of piperidine rings is 1. The van der Waals surface area contributed by atoms with E-state index >= 15 is 0 Å². The van der Waals surface area contributed by atoms with Gasteiger partial charge in [0.2, 0.25) is 17.7 Å². The van der Waals surface area contributed by atoms with Gasteiger partial charge in [-0.2, -0.15) is 0 Å². The smallest absolute Gasteiger partial charge is 0.262 e. The predicted molar refractivity (Wildman–Crippen MR) is 141 cm³/mol. The van der Waals surface area contributed by atoms with Crippen molar-refractivity contribution < 1.29 is 23.5 Å². The number of hydrogen-bond donors (Lipinski definition) is 2. The van der Waals surface area contributed by atoms with Gasteiger partial charge in [-0.05, 0) is 62.4 Å². The molecule has 2 fully saturated rings. The van der Waals surface area contributed by atoms with Crippen molar-refractivity contribution in [1.82, 2.24) is 14.9 Å². The van der Waals surface area contributed by atoms with Crippen molar-refractivity contribution >= 4 is 50.2 Å². The number of hydrogen-bond acceptors (Lipinski definition) is 6. The average molecular weight is 585 g/mol. The Morgan fingerprint density at radius 2 is 2.00 bits per heavy atom. The van der Waals surface area contributed by atoms with E-state index in [-0.39, 0.29) is 35.9 Å². The Balaban J connectivity index is 1.50. The summed E-state index contributed by atoms with van der Waals surface area (Å²) in [6, 6.07) is 8.52. The van der Waals surface area contributed by atoms with Crippen LogP contribution in [0.15, 0.2) is 45.7 Å². The third kappa shape index (κ3) is 4.88. The molecule has 0 aliphatic carbocycles. The SMILES string of the molecule is Cc1nc2c(NC(=O)C3(Cc4ccc(F)cc4Br)CCOCC3)cccc2c(=O)n1C1CCC(=O)NC1=O. The van der Waals surface area contributed by atoms with Crippen LogP contribution >= 0.6 is 15.9 Å². The predicted octanol–water partition coefficient (Wildman–Crippen LogP) is 3.56. The Hall–Kier alpha value is -3.44. The van der Waals surface area contributed by atoms with Crippen LogP contribution in [0.25, 0.3) is 10.9 Å². The minimum Gasteiger partial charge on any atom is -0.381 e. The number of aromatic nitrogens is 2. The maximum absolute atomic E-state index is 13.8. The van der Waals surface area contributed by atoms with Gasteiger partial charge >= 0.3 is 0 Å². The molecule has 5 rings (SSSR count). The van der Waals surface area contributed by atoms with Crippen LogP contribution in [0.2, 0.25) is 0 Å². The van der Waals surface area contributed by atoms with Crippen molar-refractivity contribution in [3.8, 4) is 0 Å². The Labute approximate surface area is 225 Å². The molecule has 2 aromatic carbocycles. The van der Waals surface area contributed by atoms with Gasteiger partial charge in [-0.15, -0.1) is 0 Å². The fourth-order valence-corrected chi connectivity index (χ4v) is 5.75. The highest BCUT2D eigenvalue weighted by Gasteiger charge is 2.41. The van der Waals surface area contributed by atoms with Crippen LogP contribution in [-0.2, 0) is 25.5 Å². The van der Waals surface area contributed by atoms with Gasteiger partial charge in [-0.1, -0.05) is 28.1 Å². The van der Waals surface area contributed by atoms with Crippen LogP contribution in [0.1, 0.15) is 43.1 Å². The standard InChI is InChI=1S/C27H26BrFN4O5/c1-15-30-23-18(25(36)33(15)21-7-8-22(34)32-24(21)35)3-2-4-20(23)31-26(37)27(9-11-38-12-10-27)14-16-5-6-17(29)13-19(16)28/h2-6,13,21H,7-12,14H2,1H3,(H,31,37)(H,32,34,35). The van der Waals surface area contributed by atoms with Gasteiger partial charge in [-0.25, -0.2) is 9.37 Å². The van der Waals surface area contributed by atoms with E-state index in [4.69, 9.17) is 4.74 Å². The number of halogens is 2. The van der Waals surface area contributed by atoms with E-state index in [0.29, 0.717) is 54.0 Å². The number of fused-ring (bicyclic) bond motifs is 1. The van der Waals surface area contributed by atoms with Crippen LogP contribution in [0.5, 0.6) is 0 Å². The summed E-state index contributed by atoms with van der Waals surface area (Å²) in [6.07, 6.45) is 1.66. The molecule has 3 aromatic rings. The first kappa shape index (κ1) is 26.2. The molecule has 38 heavy (non-hydrogen) atoms. The van der Waals surface area contributed by atoms with Gasteiger partial charge in [0.05, 0.1) is 16.5 Å². The number of ether oxygens (including phenoxy) is 1. The molecule has 3 amide bonds. The van der Waals surface area contributed by atoms with Crippen LogP contribution < -0.4 is 16.2 Å². The second-order valence-electron chi connectivity index (χ2n) is 9.76. The second-order valence-corrected chi connectivity index (χ2v) is 10.6. The molecular formula is C27H26BrFN4O5. The third-order valence-corrected chi connectivity index (χ3v) is 8.09. The summed E-state index contributed by atoms with van der Waals surface area (Å²) in [6.45, 7) is 2.45. The largest absolute Gasteiger partial charge is 0.381 e. The summed E-state index contributed by atoms with van der Waals surface area (Å²) in [7, 11) is 0. The highest BCUT2D eigenvalue weighted by Crippen LogP contribution is 2.38. The quantitative estimate of drug-likeness (QED) is 0.442. The Morgan fingerprint density at radius 1 is 1.24 bits per heavy atom. The maximum atomic E-state index is 13.8. The van der Waals surface area contributed by atoms with E-state index in [2.05, 4.69) is 31.5 Å². The molecule has 0 spiro atoms. The zero-order valence-electron chi connectivity index (χ0n) is 20.7. The number of rotatable bonds is 5. The first-order valence-corrected chi connectivity index (χ1v) is 13.2. The Bertz CT molecular complexity index is 1520. The molecule has 0 bridgehead atoms. The van der Waals surface area contributed by atoms with Gasteiger partial charge in [0, 0.05) is 24.1 Å². The summed E-state index contributed by atoms with van der Waals surface area (Å²) in [4.78, 5) is 55.9. The Kier molecular flexibility index (Phi) is 7.15. The van der Waals surface area contributed by atoms with Crippen molar-refractivity contribution in [3.63, 3.8) is 0 Å². The summed E-state index contributed by atoms with van der Waals surface area (Å²) in [5.41, 5.74) is 0.276. The summed E-state index contributed by atoms with van der Waals surface area (Å²) in [5, 5.41) is 5.53. The minimum absolute atomic E-state index is 0.131. The summed E-state index contributed by atoms with van der Waals surface area (Å²) >= 11 is 3.41. The molecule has 9 nitrogen and oxygen atoms in total. The number of amides is 3. The highest BCUT2D eigenvalue weighted by molar-refractivity contribution is 9.10. The van der Waals surface area contributed by atoms with Crippen molar-refractivity contribution in [1.29, 1.82) is 0 Å². The number of nitrogens with zero attached hydrogens (tertiary/aromatic N) is 2. The number of benzene rings is 2. The topological polar surface area (TPSA) is 119 Å². The lowest BCUT2D eigenvalue weighted by atomic mass is 9.74. The summed E-state index contributed by atoms with van der Waals surface area (Å²) in [5.74, 6) is -1.21. The fraction of sp³-hybridized carbons (Fsp3) is 0.370. The molecule has 3 heterocycles. The first-order chi connectivity index (χ1) is 18.2. The molecule has 1 unspecified atom stereocenters. The lowest BCUT2D eigenvalue weighted by Gasteiger charge is -2.36. The number of imide groups is 1. The van der Waals surface area contributed by atoms with Gasteiger partial charge in [0.15, 0.2) is 0 Å². The number of anilines is 1. The zero-order chi connectivity index (χ0) is 27.0. The normalized spacial score (nSPS) is 19.3. The van der Waals surface area contributed by atoms with Gasteiger partial charge in [-0.3, -0.25) is 29.1 Å². The molecule has 0 saturated carbocycles. The van der Waals surface area contributed by atoms with Crippen molar-refractivity contribution in [2.75, 3.05) is 18.5 Å². The number of nitrogens with one attached hydrogen (secondary N) is 2. The zero-order valence-corrected chi connectivity index (χ0v) is 22.3. The molecule has 2 saturated heterocycles. The molecular weight excluding hydrogens is 559 g/mol. The molecule has 2 aliphatic rings. The lowest BCUT2D eigenvalue weighted by Crippen LogP contribution is -2.45. The highest BCUT2D eigenvalue weighted by atomic mass is 79.9. The first-order valence-electron chi connectivity index (χ1n) is 12.4. The fourth-order valence-electron chi connectivity index (χ4n) is 5.26. The van der Waals surface area contributed by atoms with E-state index in [0.717, 1.165) is 5.56 Å². The number of carbonyl (C=O) groups is 3. The molecule has 198 valence electrons. The number of carbonyl (C=O) groups excluding carboxylic acids is 3. The van der Waals surface area contributed by atoms with Crippen molar-refractivity contribution in [2.45, 2.75) is 45.1 Å². The van der Waals surface area contributed by atoms with Gasteiger partial charge in [0.25, 0.3) is 5.56 Å². The molecule has 1 atom stereocenters. The van der Waals surface area contributed by atoms with Crippen LogP contribution in [0.3, 0.4) is 0 Å². The van der Waals surface area contributed by atoms with Gasteiger partial charge in [0.1, 0.15) is 23.2 Å². The van der Waals surface area contributed by atoms with Crippen LogP contribution in [0.4, 0.5) is 10.1 Å². The third-order valence-electron chi connectivity index (χ3n) is 7.35. The van der Waals surface area contributed by atoms with Crippen molar-refractivity contribution in [2.24, 2.45) is 5.41 Å². The van der Waals surface area contributed by atoms with Gasteiger partial charge < -0.3 is 10.1 Å². The molecule has 2 N–H and O–H groups in total. The summed E-state index contributed by atoms with van der Waals surface area (Å²) < 4.78 is 21.1. The Morgan fingerprint density at radius 3 is 2.71 bits per heavy atom. The monoisotopic (exact) mass is 584 g/mol. The molecule has 11 heteroatoms. The molecule has 2 aliphatic heterocycles. The number of para-hydroxylation sites is 1. The van der Waals surface area contributed by atoms with E-state index in [1.807, 2.05) is 0 Å². The number of aryl methyl sites for hydroxylation is 1. The van der Waals surface area contributed by atoms with E-state index in [9.17, 15) is 23.6 Å². The maximum Gasteiger partial charge on any atom is 0.262 e. The average Bonchev–Trinajstić information content (AvgIpc) is 2.88. The van der Waals surface area contributed by atoms with Crippen LogP contribution in [0, 0.1) is 18.2 Å². The van der Waals surface area contributed by atoms with E-state index < -0.39 is 22.9 Å². The van der Waals surface area contributed by atoms with E-state index in [1.165, 1.54) is 16.7 Å². The minimum atomic E-state index is -0.838. The molecule has 0 radical (unpaired) electrons. The van der Waals surface area contributed by atoms with Crippen LogP contribution in [-0.4, -0.2) is 40.5 Å². The lowest BCUT2D eigenvalue weighted by molar-refractivity contribution is -0.136. The second kappa shape index (κ2) is 10.4. The van der Waals surface area contributed by atoms with Crippen molar-refractivity contribution in [3.05, 3.63) is 68.4 Å².